The van der Waals surface area contributed by atoms with E-state index in [2.05, 4.69) is 29.9 Å². The van der Waals surface area contributed by atoms with Crippen LogP contribution in [0.4, 0.5) is 0 Å². The summed E-state index contributed by atoms with van der Waals surface area (Å²) in [5.74, 6) is 0.552. The number of nitrogens with one attached hydrogen (secondary N) is 1. The van der Waals surface area contributed by atoms with Gasteiger partial charge >= 0.3 is 0 Å². The topological polar surface area (TPSA) is 50.1 Å². The third kappa shape index (κ3) is 2.91. The van der Waals surface area contributed by atoms with E-state index in [0.29, 0.717) is 5.92 Å². The Morgan fingerprint density at radius 2 is 2.25 bits per heavy atom. The fourth-order valence-corrected chi connectivity index (χ4v) is 3.63. The van der Waals surface area contributed by atoms with Gasteiger partial charge in [0.15, 0.2) is 0 Å². The molecule has 1 fully saturated rings. The van der Waals surface area contributed by atoms with Crippen molar-refractivity contribution in [3.8, 4) is 0 Å². The molecule has 2 rings (SSSR count). The Morgan fingerprint density at radius 3 is 2.85 bits per heavy atom. The Kier molecular flexibility index (Phi) is 5.22. The van der Waals surface area contributed by atoms with Gasteiger partial charge in [-0.25, -0.2) is 0 Å². The summed E-state index contributed by atoms with van der Waals surface area (Å²) >= 11 is 0. The van der Waals surface area contributed by atoms with Gasteiger partial charge in [-0.15, -0.1) is 0 Å². The van der Waals surface area contributed by atoms with E-state index in [0.717, 1.165) is 32.2 Å². The number of aliphatic hydroxyl groups excluding tert-OH is 1. The Balaban J connectivity index is 2.03. The molecule has 1 aliphatic rings. The molecule has 0 amide bonds. The summed E-state index contributed by atoms with van der Waals surface area (Å²) in [5, 5.41) is 17.8. The second-order valence-electron chi connectivity index (χ2n) is 6.00. The summed E-state index contributed by atoms with van der Waals surface area (Å²) < 4.78 is 2.18. The summed E-state index contributed by atoms with van der Waals surface area (Å²) in [5.41, 5.74) is 2.46. The van der Waals surface area contributed by atoms with Gasteiger partial charge in [-0.2, -0.15) is 5.10 Å². The second kappa shape index (κ2) is 6.72. The zero-order valence-electron chi connectivity index (χ0n) is 13.2. The molecule has 1 heterocycles. The van der Waals surface area contributed by atoms with E-state index in [-0.39, 0.29) is 12.1 Å². The van der Waals surface area contributed by atoms with Gasteiger partial charge in [0, 0.05) is 17.8 Å². The summed E-state index contributed by atoms with van der Waals surface area (Å²) in [7, 11) is 1.98. The molecule has 1 aliphatic carbocycles. The minimum Gasteiger partial charge on any atom is -0.394 e. The zero-order valence-corrected chi connectivity index (χ0v) is 13.2. The van der Waals surface area contributed by atoms with E-state index in [4.69, 9.17) is 5.10 Å². The van der Waals surface area contributed by atoms with Crippen molar-refractivity contribution < 1.29 is 5.11 Å². The lowest BCUT2D eigenvalue weighted by Crippen LogP contribution is -2.49. The van der Waals surface area contributed by atoms with Crippen LogP contribution < -0.4 is 5.32 Å². The maximum atomic E-state index is 9.74. The Labute approximate surface area is 122 Å². The predicted octanol–water partition coefficient (Wildman–Crippen LogP) is 2.15. The molecule has 0 aliphatic heterocycles. The number of aryl methyl sites for hydroxylation is 3. The third-order valence-electron chi connectivity index (χ3n) is 5.06. The van der Waals surface area contributed by atoms with Gasteiger partial charge in [-0.05, 0) is 51.1 Å². The highest BCUT2D eigenvalue weighted by atomic mass is 16.3. The Bertz CT molecular complexity index is 423. The number of aromatic nitrogens is 2. The molecule has 0 aromatic carbocycles. The van der Waals surface area contributed by atoms with E-state index in [1.807, 2.05) is 7.05 Å². The Hall–Kier alpha value is -0.870. The van der Waals surface area contributed by atoms with Gasteiger partial charge in [-0.1, -0.05) is 20.3 Å². The van der Waals surface area contributed by atoms with E-state index in [1.165, 1.54) is 24.2 Å². The van der Waals surface area contributed by atoms with Crippen LogP contribution in [0.2, 0.25) is 0 Å². The molecule has 2 N–H and O–H groups in total. The van der Waals surface area contributed by atoms with Gasteiger partial charge in [0.2, 0.25) is 0 Å². The molecule has 114 valence electrons. The molecular weight excluding hydrogens is 250 g/mol. The van der Waals surface area contributed by atoms with Crippen LogP contribution >= 0.6 is 0 Å². The van der Waals surface area contributed by atoms with Crippen LogP contribution in [-0.4, -0.2) is 34.1 Å². The Morgan fingerprint density at radius 1 is 1.45 bits per heavy atom. The van der Waals surface area contributed by atoms with Crippen molar-refractivity contribution in [3.05, 3.63) is 17.5 Å². The van der Waals surface area contributed by atoms with Crippen molar-refractivity contribution in [2.75, 3.05) is 13.7 Å². The van der Waals surface area contributed by atoms with E-state index < -0.39 is 0 Å². The van der Waals surface area contributed by atoms with Crippen LogP contribution in [0.3, 0.4) is 0 Å². The molecule has 1 aromatic rings. The minimum absolute atomic E-state index is 0.0624. The fraction of sp³-hybridized carbons (Fsp3) is 0.812. The predicted molar refractivity (Wildman–Crippen MR) is 81.8 cm³/mol. The van der Waals surface area contributed by atoms with E-state index in [1.54, 1.807) is 0 Å². The lowest BCUT2D eigenvalue weighted by molar-refractivity contribution is 0.124. The molecule has 0 bridgehead atoms. The monoisotopic (exact) mass is 279 g/mol. The highest BCUT2D eigenvalue weighted by molar-refractivity contribution is 5.10. The van der Waals surface area contributed by atoms with Crippen LogP contribution in [0, 0.1) is 5.92 Å². The fourth-order valence-electron chi connectivity index (χ4n) is 3.63. The highest BCUT2D eigenvalue weighted by Crippen LogP contribution is 2.37. The van der Waals surface area contributed by atoms with Gasteiger partial charge in [-0.3, -0.25) is 4.68 Å². The summed E-state index contributed by atoms with van der Waals surface area (Å²) in [4.78, 5) is 0. The van der Waals surface area contributed by atoms with Crippen LogP contribution in [0.25, 0.3) is 0 Å². The van der Waals surface area contributed by atoms with Gasteiger partial charge in [0.25, 0.3) is 0 Å². The van der Waals surface area contributed by atoms with Crippen molar-refractivity contribution in [2.24, 2.45) is 5.92 Å². The van der Waals surface area contributed by atoms with Crippen LogP contribution in [-0.2, 0) is 19.4 Å². The number of likely N-dealkylation sites (N-methyl/N-ethyl adjacent to an activating group) is 1. The summed E-state index contributed by atoms with van der Waals surface area (Å²) in [6, 6.07) is 2.23. The van der Waals surface area contributed by atoms with Crippen molar-refractivity contribution >= 4 is 0 Å². The van der Waals surface area contributed by atoms with Crippen LogP contribution in [0.15, 0.2) is 6.07 Å². The molecule has 1 saturated carbocycles. The first-order valence-electron chi connectivity index (χ1n) is 8.04. The number of aliphatic hydroxyl groups is 1. The highest BCUT2D eigenvalue weighted by Gasteiger charge is 2.40. The quantitative estimate of drug-likeness (QED) is 0.804. The molecule has 2 unspecified atom stereocenters. The molecule has 0 spiro atoms. The lowest BCUT2D eigenvalue weighted by Gasteiger charge is -2.33. The number of hydrogen-bond donors (Lipinski definition) is 2. The SMILES string of the molecule is CCc1cc(CC)n(CCC2CCCC2(CO)NC)n1. The standard InChI is InChI=1S/C16H29N3O/c1-4-14-11-15(5-2)19(18-14)10-8-13-7-6-9-16(13,12-20)17-3/h11,13,17,20H,4-10,12H2,1-3H3. The smallest absolute Gasteiger partial charge is 0.0624 e. The molecular formula is C16H29N3O. The van der Waals surface area contributed by atoms with Gasteiger partial charge in [0.05, 0.1) is 12.3 Å². The average molecular weight is 279 g/mol. The lowest BCUT2D eigenvalue weighted by atomic mass is 9.85. The van der Waals surface area contributed by atoms with Gasteiger partial charge < -0.3 is 10.4 Å². The molecule has 1 aromatic heterocycles. The van der Waals surface area contributed by atoms with Crippen LogP contribution in [0.5, 0.6) is 0 Å². The van der Waals surface area contributed by atoms with Crippen molar-refractivity contribution in [1.82, 2.24) is 15.1 Å². The molecule has 2 atom stereocenters. The summed E-state index contributed by atoms with van der Waals surface area (Å²) in [6.45, 7) is 5.56. The first-order chi connectivity index (χ1) is 9.69. The zero-order chi connectivity index (χ0) is 14.6. The molecule has 4 nitrogen and oxygen atoms in total. The minimum atomic E-state index is -0.0624. The number of nitrogens with zero attached hydrogens (tertiary/aromatic N) is 2. The normalized spacial score (nSPS) is 26.3. The maximum Gasteiger partial charge on any atom is 0.0624 e. The number of rotatable bonds is 7. The number of hydrogen-bond acceptors (Lipinski definition) is 3. The molecule has 0 radical (unpaired) electrons. The second-order valence-corrected chi connectivity index (χ2v) is 6.00. The third-order valence-corrected chi connectivity index (χ3v) is 5.06. The molecule has 0 saturated heterocycles. The van der Waals surface area contributed by atoms with E-state index in [9.17, 15) is 5.11 Å². The maximum absolute atomic E-state index is 9.74. The average Bonchev–Trinajstić information content (AvgIpc) is 3.08. The van der Waals surface area contributed by atoms with Crippen molar-refractivity contribution in [3.63, 3.8) is 0 Å². The molecule has 4 heteroatoms. The van der Waals surface area contributed by atoms with Gasteiger partial charge in [0.1, 0.15) is 0 Å². The largest absolute Gasteiger partial charge is 0.394 e. The first-order valence-corrected chi connectivity index (χ1v) is 8.04. The van der Waals surface area contributed by atoms with Crippen LogP contribution in [0.1, 0.15) is 50.9 Å². The van der Waals surface area contributed by atoms with E-state index >= 15 is 0 Å². The first kappa shape index (κ1) is 15.5. The van der Waals surface area contributed by atoms with Crippen molar-refractivity contribution in [2.45, 2.75) is 64.5 Å². The van der Waals surface area contributed by atoms with Crippen molar-refractivity contribution in [1.29, 1.82) is 0 Å². The molecule has 20 heavy (non-hydrogen) atoms. The summed E-state index contributed by atoms with van der Waals surface area (Å²) in [6.07, 6.45) is 6.65.